The standard InChI is InChI=1S/C19H27BrN2O3/c1-18(2,3)25-17(23)12-24-19(15-7-8-21-11-16(15)20)13-5-4-6-14(19)10-22-9-13/h7-8,11,13-14,22H,4-6,9-10,12H2,1-3H3. The number of carbonyl (C=O) groups excluding carboxylic acids is 1. The molecule has 138 valence electrons. The van der Waals surface area contributed by atoms with Gasteiger partial charge in [0.25, 0.3) is 0 Å². The Morgan fingerprint density at radius 2 is 2.04 bits per heavy atom. The molecule has 0 aromatic carbocycles. The van der Waals surface area contributed by atoms with Crippen molar-refractivity contribution in [2.24, 2.45) is 11.8 Å². The highest BCUT2D eigenvalue weighted by Crippen LogP contribution is 2.51. The summed E-state index contributed by atoms with van der Waals surface area (Å²) in [7, 11) is 0. The molecule has 25 heavy (non-hydrogen) atoms. The van der Waals surface area contributed by atoms with Crippen LogP contribution in [0.5, 0.6) is 0 Å². The normalized spacial score (nSPS) is 29.3. The summed E-state index contributed by atoms with van der Waals surface area (Å²) in [5.41, 5.74) is 0.124. The Morgan fingerprint density at radius 1 is 1.36 bits per heavy atom. The summed E-state index contributed by atoms with van der Waals surface area (Å²) in [5.74, 6) is 0.357. The first kappa shape index (κ1) is 18.8. The van der Waals surface area contributed by atoms with E-state index >= 15 is 0 Å². The van der Waals surface area contributed by atoms with Crippen LogP contribution in [0.2, 0.25) is 0 Å². The number of nitrogens with one attached hydrogen (secondary N) is 1. The molecule has 2 atom stereocenters. The van der Waals surface area contributed by atoms with Crippen LogP contribution in [0.15, 0.2) is 22.9 Å². The smallest absolute Gasteiger partial charge is 0.332 e. The lowest BCUT2D eigenvalue weighted by Gasteiger charge is -2.53. The number of carbonyl (C=O) groups is 1. The van der Waals surface area contributed by atoms with Crippen LogP contribution in [0.3, 0.4) is 0 Å². The molecule has 5 nitrogen and oxygen atoms in total. The van der Waals surface area contributed by atoms with Gasteiger partial charge in [0, 0.05) is 47.4 Å². The molecule has 0 spiro atoms. The van der Waals surface area contributed by atoms with Gasteiger partial charge in [-0.1, -0.05) is 6.42 Å². The third kappa shape index (κ3) is 3.91. The second-order valence-electron chi connectivity index (χ2n) is 8.01. The quantitative estimate of drug-likeness (QED) is 0.770. The minimum Gasteiger partial charge on any atom is -0.458 e. The van der Waals surface area contributed by atoms with Gasteiger partial charge in [-0.15, -0.1) is 0 Å². The van der Waals surface area contributed by atoms with E-state index in [2.05, 4.69) is 26.2 Å². The van der Waals surface area contributed by atoms with Crippen molar-refractivity contribution in [1.29, 1.82) is 0 Å². The van der Waals surface area contributed by atoms with Gasteiger partial charge >= 0.3 is 5.97 Å². The molecule has 0 amide bonds. The minimum absolute atomic E-state index is 0.0287. The number of ether oxygens (including phenoxy) is 2. The Bertz CT molecular complexity index is 607. The van der Waals surface area contributed by atoms with Gasteiger partial charge in [-0.3, -0.25) is 4.98 Å². The molecule has 1 N–H and O–H groups in total. The molecule has 0 radical (unpaired) electrons. The monoisotopic (exact) mass is 410 g/mol. The van der Waals surface area contributed by atoms with Crippen LogP contribution in [0, 0.1) is 11.8 Å². The lowest BCUT2D eigenvalue weighted by atomic mass is 9.63. The highest BCUT2D eigenvalue weighted by Gasteiger charge is 2.53. The van der Waals surface area contributed by atoms with Gasteiger partial charge in [-0.25, -0.2) is 4.79 Å². The molecule has 2 heterocycles. The van der Waals surface area contributed by atoms with E-state index in [4.69, 9.17) is 9.47 Å². The van der Waals surface area contributed by atoms with Gasteiger partial charge in [0.1, 0.15) is 17.8 Å². The predicted octanol–water partition coefficient (Wildman–Crippen LogP) is 3.42. The number of pyridine rings is 1. The number of fused-ring (bicyclic) bond motifs is 2. The molecule has 1 saturated heterocycles. The van der Waals surface area contributed by atoms with E-state index in [1.165, 1.54) is 6.42 Å². The van der Waals surface area contributed by atoms with Crippen molar-refractivity contribution < 1.29 is 14.3 Å². The molecule has 3 rings (SSSR count). The first-order chi connectivity index (χ1) is 11.8. The van der Waals surface area contributed by atoms with Crippen LogP contribution < -0.4 is 5.32 Å². The van der Waals surface area contributed by atoms with Crippen LogP contribution in [-0.2, 0) is 19.9 Å². The number of piperidine rings is 1. The van der Waals surface area contributed by atoms with Crippen molar-refractivity contribution in [2.45, 2.75) is 51.2 Å². The molecule has 6 heteroatoms. The highest BCUT2D eigenvalue weighted by molar-refractivity contribution is 9.10. The molecular formula is C19H27BrN2O3. The Morgan fingerprint density at radius 3 is 2.64 bits per heavy atom. The van der Waals surface area contributed by atoms with Crippen LogP contribution in [0.25, 0.3) is 0 Å². The summed E-state index contributed by atoms with van der Waals surface area (Å²) in [6, 6.07) is 2.02. The first-order valence-corrected chi connectivity index (χ1v) is 9.79. The molecule has 1 saturated carbocycles. The Labute approximate surface area is 158 Å². The fourth-order valence-electron chi connectivity index (χ4n) is 4.31. The average Bonchev–Trinajstić information content (AvgIpc) is 2.51. The van der Waals surface area contributed by atoms with Crippen molar-refractivity contribution in [3.63, 3.8) is 0 Å². The average molecular weight is 411 g/mol. The van der Waals surface area contributed by atoms with E-state index in [1.807, 2.05) is 33.0 Å². The van der Waals surface area contributed by atoms with Crippen molar-refractivity contribution in [3.8, 4) is 0 Å². The number of rotatable bonds is 4. The van der Waals surface area contributed by atoms with Crippen LogP contribution in [0.1, 0.15) is 45.6 Å². The van der Waals surface area contributed by atoms with Gasteiger partial charge in [0.2, 0.25) is 0 Å². The molecule has 2 bridgehead atoms. The lowest BCUT2D eigenvalue weighted by Crippen LogP contribution is -2.58. The zero-order valence-electron chi connectivity index (χ0n) is 15.2. The fraction of sp³-hybridized carbons (Fsp3) is 0.684. The molecule has 2 unspecified atom stereocenters. The summed E-state index contributed by atoms with van der Waals surface area (Å²) in [4.78, 5) is 16.5. The minimum atomic E-state index is -0.505. The van der Waals surface area contributed by atoms with Crippen molar-refractivity contribution >= 4 is 21.9 Å². The lowest BCUT2D eigenvalue weighted by molar-refractivity contribution is -0.191. The van der Waals surface area contributed by atoms with Gasteiger partial charge in [0.15, 0.2) is 0 Å². The van der Waals surface area contributed by atoms with Gasteiger partial charge in [-0.05, 0) is 55.6 Å². The molecule has 1 aromatic heterocycles. The van der Waals surface area contributed by atoms with E-state index in [-0.39, 0.29) is 12.6 Å². The SMILES string of the molecule is CC(C)(C)OC(=O)COC1(c2ccncc2Br)C2CCCC1CNC2. The van der Waals surface area contributed by atoms with E-state index < -0.39 is 11.2 Å². The number of nitrogens with zero attached hydrogens (tertiary/aromatic N) is 1. The van der Waals surface area contributed by atoms with E-state index in [1.54, 1.807) is 6.20 Å². The maximum absolute atomic E-state index is 12.3. The molecule has 1 aliphatic heterocycles. The van der Waals surface area contributed by atoms with Gasteiger partial charge < -0.3 is 14.8 Å². The largest absolute Gasteiger partial charge is 0.458 e. The van der Waals surface area contributed by atoms with E-state index in [9.17, 15) is 4.79 Å². The topological polar surface area (TPSA) is 60.5 Å². The fourth-order valence-corrected chi connectivity index (χ4v) is 4.87. The zero-order valence-corrected chi connectivity index (χ0v) is 16.8. The number of halogens is 1. The number of aromatic nitrogens is 1. The first-order valence-electron chi connectivity index (χ1n) is 8.99. The zero-order chi connectivity index (χ0) is 18.1. The maximum Gasteiger partial charge on any atom is 0.332 e. The van der Waals surface area contributed by atoms with Crippen LogP contribution in [0.4, 0.5) is 0 Å². The highest BCUT2D eigenvalue weighted by atomic mass is 79.9. The third-order valence-electron chi connectivity index (χ3n) is 5.14. The predicted molar refractivity (Wildman–Crippen MR) is 99.1 cm³/mol. The molecule has 2 fully saturated rings. The molecule has 1 aliphatic carbocycles. The summed E-state index contributed by atoms with van der Waals surface area (Å²) in [6.07, 6.45) is 7.00. The second-order valence-corrected chi connectivity index (χ2v) is 8.86. The Balaban J connectivity index is 1.91. The third-order valence-corrected chi connectivity index (χ3v) is 5.77. The molecule has 1 aromatic rings. The number of hydrogen-bond acceptors (Lipinski definition) is 5. The van der Waals surface area contributed by atoms with Crippen LogP contribution >= 0.6 is 15.9 Å². The van der Waals surface area contributed by atoms with Crippen LogP contribution in [-0.4, -0.2) is 36.3 Å². The van der Waals surface area contributed by atoms with Gasteiger partial charge in [-0.2, -0.15) is 0 Å². The van der Waals surface area contributed by atoms with Crippen molar-refractivity contribution in [3.05, 3.63) is 28.5 Å². The summed E-state index contributed by atoms with van der Waals surface area (Å²) >= 11 is 3.65. The van der Waals surface area contributed by atoms with Crippen molar-refractivity contribution in [1.82, 2.24) is 10.3 Å². The molecular weight excluding hydrogens is 384 g/mol. The van der Waals surface area contributed by atoms with E-state index in [0.717, 1.165) is 36.0 Å². The molecule has 2 aliphatic rings. The Hall–Kier alpha value is -0.980. The van der Waals surface area contributed by atoms with E-state index in [0.29, 0.717) is 11.8 Å². The number of esters is 1. The van der Waals surface area contributed by atoms with Crippen molar-refractivity contribution in [2.75, 3.05) is 19.7 Å². The summed E-state index contributed by atoms with van der Waals surface area (Å²) in [5, 5.41) is 3.53. The summed E-state index contributed by atoms with van der Waals surface area (Å²) < 4.78 is 12.8. The second kappa shape index (κ2) is 7.33. The Kier molecular flexibility index (Phi) is 5.51. The summed E-state index contributed by atoms with van der Waals surface area (Å²) in [6.45, 7) is 7.40. The maximum atomic E-state index is 12.3. The number of hydrogen-bond donors (Lipinski definition) is 1. The van der Waals surface area contributed by atoms with Gasteiger partial charge in [0.05, 0.1) is 0 Å².